The summed E-state index contributed by atoms with van der Waals surface area (Å²) in [5.41, 5.74) is 0. The van der Waals surface area contributed by atoms with E-state index >= 15 is 0 Å². The van der Waals surface area contributed by atoms with E-state index < -0.39 is 15.2 Å². The molecule has 0 radical (unpaired) electrons. The highest BCUT2D eigenvalue weighted by molar-refractivity contribution is 9.10. The van der Waals surface area contributed by atoms with Crippen LogP contribution in [0.25, 0.3) is 0 Å². The zero-order chi connectivity index (χ0) is 14.0. The van der Waals surface area contributed by atoms with Crippen molar-refractivity contribution in [3.05, 3.63) is 20.8 Å². The molecule has 1 atom stereocenters. The van der Waals surface area contributed by atoms with Gasteiger partial charge in [-0.2, -0.15) is 11.8 Å². The number of rotatable bonds is 3. The molecule has 1 aliphatic rings. The van der Waals surface area contributed by atoms with Gasteiger partial charge in [0.25, 0.3) is 5.91 Å². The maximum atomic E-state index is 12.5. The van der Waals surface area contributed by atoms with Crippen molar-refractivity contribution in [3.63, 3.8) is 0 Å². The minimum absolute atomic E-state index is 0.0631. The van der Waals surface area contributed by atoms with Gasteiger partial charge in [-0.05, 0) is 27.4 Å². The second-order valence-corrected chi connectivity index (χ2v) is 9.44. The molecular formula is C11H14BrNO3S3. The summed E-state index contributed by atoms with van der Waals surface area (Å²) in [6.45, 7) is 2.11. The SMILES string of the molecule is CCS(=O)(=O)C1CSCCN1C(=O)c1sccc1Br. The molecular weight excluding hydrogens is 370 g/mol. The Kier molecular flexibility index (Phi) is 4.97. The quantitative estimate of drug-likeness (QED) is 0.804. The first kappa shape index (κ1) is 15.3. The maximum Gasteiger partial charge on any atom is 0.266 e. The van der Waals surface area contributed by atoms with E-state index in [0.717, 1.165) is 10.2 Å². The van der Waals surface area contributed by atoms with Gasteiger partial charge in [-0.1, -0.05) is 6.92 Å². The molecule has 0 aliphatic carbocycles. The molecule has 0 N–H and O–H groups in total. The van der Waals surface area contributed by atoms with Crippen molar-refractivity contribution < 1.29 is 13.2 Å². The van der Waals surface area contributed by atoms with Gasteiger partial charge in [0.2, 0.25) is 0 Å². The number of hydrogen-bond donors (Lipinski definition) is 0. The Morgan fingerprint density at radius 1 is 1.58 bits per heavy atom. The fraction of sp³-hybridized carbons (Fsp3) is 0.545. The summed E-state index contributed by atoms with van der Waals surface area (Å²) in [5, 5.41) is 1.12. The van der Waals surface area contributed by atoms with Gasteiger partial charge < -0.3 is 4.90 Å². The molecule has 0 bridgehead atoms. The summed E-state index contributed by atoms with van der Waals surface area (Å²) in [5.74, 6) is 1.12. The predicted octanol–water partition coefficient (Wildman–Crippen LogP) is 2.46. The first-order valence-electron chi connectivity index (χ1n) is 5.80. The maximum absolute atomic E-state index is 12.5. The van der Waals surface area contributed by atoms with E-state index in [1.54, 1.807) is 24.8 Å². The highest BCUT2D eigenvalue weighted by atomic mass is 79.9. The number of carbonyl (C=O) groups excluding carboxylic acids is 1. The molecule has 4 nitrogen and oxygen atoms in total. The molecule has 1 amide bonds. The summed E-state index contributed by atoms with van der Waals surface area (Å²) in [4.78, 5) is 14.6. The molecule has 0 aromatic carbocycles. The van der Waals surface area contributed by atoms with Gasteiger partial charge in [-0.25, -0.2) is 8.42 Å². The normalized spacial score (nSPS) is 20.5. The monoisotopic (exact) mass is 383 g/mol. The van der Waals surface area contributed by atoms with E-state index in [-0.39, 0.29) is 11.7 Å². The molecule has 2 heterocycles. The van der Waals surface area contributed by atoms with Crippen LogP contribution < -0.4 is 0 Å². The van der Waals surface area contributed by atoms with Crippen LogP contribution in [-0.2, 0) is 9.84 Å². The Morgan fingerprint density at radius 2 is 2.32 bits per heavy atom. The fourth-order valence-corrected chi connectivity index (χ4v) is 6.34. The molecule has 1 aliphatic heterocycles. The first-order chi connectivity index (χ1) is 8.97. The summed E-state index contributed by atoms with van der Waals surface area (Å²) in [6, 6.07) is 1.81. The third-order valence-corrected chi connectivity index (χ3v) is 8.09. The minimum Gasteiger partial charge on any atom is -0.319 e. The van der Waals surface area contributed by atoms with Gasteiger partial charge in [0.05, 0.1) is 0 Å². The molecule has 1 unspecified atom stereocenters. The molecule has 1 aromatic heterocycles. The summed E-state index contributed by atoms with van der Waals surface area (Å²) >= 11 is 6.25. The second-order valence-electron chi connectivity index (χ2n) is 4.08. The largest absolute Gasteiger partial charge is 0.319 e. The van der Waals surface area contributed by atoms with Crippen molar-refractivity contribution in [3.8, 4) is 0 Å². The third kappa shape index (κ3) is 3.17. The standard InChI is InChI=1S/C11H14BrNO3S3/c1-2-19(15,16)9-7-17-6-4-13(9)11(14)10-8(12)3-5-18-10/h3,5,9H,2,4,6-7H2,1H3. The van der Waals surface area contributed by atoms with Crippen molar-refractivity contribution in [1.29, 1.82) is 0 Å². The number of thioether (sulfide) groups is 1. The zero-order valence-corrected chi connectivity index (χ0v) is 14.4. The number of hydrogen-bond acceptors (Lipinski definition) is 5. The van der Waals surface area contributed by atoms with Crippen LogP contribution in [0.4, 0.5) is 0 Å². The lowest BCUT2D eigenvalue weighted by Crippen LogP contribution is -2.50. The molecule has 1 saturated heterocycles. The Morgan fingerprint density at radius 3 is 2.89 bits per heavy atom. The molecule has 106 valence electrons. The van der Waals surface area contributed by atoms with Gasteiger partial charge in [-0.3, -0.25) is 4.79 Å². The van der Waals surface area contributed by atoms with Crippen molar-refractivity contribution in [2.24, 2.45) is 0 Å². The summed E-state index contributed by atoms with van der Waals surface area (Å²) in [7, 11) is -3.25. The molecule has 0 saturated carbocycles. The number of amides is 1. The summed E-state index contributed by atoms with van der Waals surface area (Å²) in [6.07, 6.45) is 0. The topological polar surface area (TPSA) is 54.5 Å². The minimum atomic E-state index is -3.25. The molecule has 19 heavy (non-hydrogen) atoms. The van der Waals surface area contributed by atoms with E-state index in [2.05, 4.69) is 15.9 Å². The zero-order valence-electron chi connectivity index (χ0n) is 10.3. The lowest BCUT2D eigenvalue weighted by Gasteiger charge is -2.34. The molecule has 8 heteroatoms. The van der Waals surface area contributed by atoms with E-state index in [9.17, 15) is 13.2 Å². The van der Waals surface area contributed by atoms with Crippen LogP contribution in [0.15, 0.2) is 15.9 Å². The average Bonchev–Trinajstić information content (AvgIpc) is 2.84. The van der Waals surface area contributed by atoms with Crippen LogP contribution in [0.1, 0.15) is 16.6 Å². The van der Waals surface area contributed by atoms with E-state index in [1.165, 1.54) is 16.2 Å². The molecule has 1 aromatic rings. The van der Waals surface area contributed by atoms with Gasteiger partial charge in [-0.15, -0.1) is 11.3 Å². The van der Waals surface area contributed by atoms with Crippen molar-refractivity contribution >= 4 is 54.8 Å². The van der Waals surface area contributed by atoms with Crippen LogP contribution >= 0.6 is 39.0 Å². The van der Waals surface area contributed by atoms with Crippen LogP contribution in [0.2, 0.25) is 0 Å². The highest BCUT2D eigenvalue weighted by Crippen LogP contribution is 2.28. The number of halogens is 1. The fourth-order valence-electron chi connectivity index (χ4n) is 1.88. The predicted molar refractivity (Wildman–Crippen MR) is 83.6 cm³/mol. The Balaban J connectivity index is 2.31. The van der Waals surface area contributed by atoms with Crippen LogP contribution in [0.5, 0.6) is 0 Å². The molecule has 2 rings (SSSR count). The van der Waals surface area contributed by atoms with E-state index in [4.69, 9.17) is 0 Å². The number of carbonyl (C=O) groups is 1. The third-order valence-electron chi connectivity index (χ3n) is 2.97. The lowest BCUT2D eigenvalue weighted by atomic mass is 10.4. The average molecular weight is 384 g/mol. The molecule has 0 spiro atoms. The lowest BCUT2D eigenvalue weighted by molar-refractivity contribution is 0.0753. The van der Waals surface area contributed by atoms with Crippen LogP contribution in [-0.4, -0.2) is 48.4 Å². The van der Waals surface area contributed by atoms with E-state index in [0.29, 0.717) is 17.2 Å². The second kappa shape index (κ2) is 6.15. The van der Waals surface area contributed by atoms with Crippen molar-refractivity contribution in [2.45, 2.75) is 12.3 Å². The molecule has 1 fully saturated rings. The smallest absolute Gasteiger partial charge is 0.266 e. The van der Waals surface area contributed by atoms with Gasteiger partial charge in [0.15, 0.2) is 9.84 Å². The Labute approximate surface area is 129 Å². The van der Waals surface area contributed by atoms with E-state index in [1.807, 2.05) is 5.38 Å². The number of nitrogens with zero attached hydrogens (tertiary/aromatic N) is 1. The van der Waals surface area contributed by atoms with Crippen molar-refractivity contribution in [1.82, 2.24) is 4.90 Å². The van der Waals surface area contributed by atoms with Gasteiger partial charge >= 0.3 is 0 Å². The number of sulfone groups is 1. The van der Waals surface area contributed by atoms with Gasteiger partial charge in [0, 0.05) is 28.3 Å². The van der Waals surface area contributed by atoms with Gasteiger partial charge in [0.1, 0.15) is 10.3 Å². The van der Waals surface area contributed by atoms with Crippen molar-refractivity contribution in [2.75, 3.05) is 23.8 Å². The Hall–Kier alpha value is -0.0500. The Bertz CT molecular complexity index is 569. The highest BCUT2D eigenvalue weighted by Gasteiger charge is 2.36. The first-order valence-corrected chi connectivity index (χ1v) is 10.3. The van der Waals surface area contributed by atoms with Crippen LogP contribution in [0.3, 0.4) is 0 Å². The summed E-state index contributed by atoms with van der Waals surface area (Å²) < 4.78 is 24.9. The number of thiophene rings is 1. The van der Waals surface area contributed by atoms with Crippen LogP contribution in [0, 0.1) is 0 Å².